The van der Waals surface area contributed by atoms with E-state index in [4.69, 9.17) is 0 Å². The Balaban J connectivity index is 1.67. The Kier molecular flexibility index (Phi) is 4.30. The largest absolute Gasteiger partial charge is 0.316 e. The number of nitrogens with one attached hydrogen (secondary N) is 1. The highest BCUT2D eigenvalue weighted by Gasteiger charge is 2.19. The van der Waals surface area contributed by atoms with Crippen LogP contribution in [0.4, 0.5) is 0 Å². The number of rotatable bonds is 6. The molecule has 1 saturated carbocycles. The van der Waals surface area contributed by atoms with Crippen molar-refractivity contribution in [1.82, 2.24) is 5.32 Å². The molecule has 2 heteroatoms. The summed E-state index contributed by atoms with van der Waals surface area (Å²) in [4.78, 5) is 1.43. The third kappa shape index (κ3) is 3.84. The maximum absolute atomic E-state index is 3.53. The standard InChI is InChI=1S/C14H21NS/c1-11-3-6-14(12(2)9-11)16-8-7-15-10-13-4-5-13/h3,6,9,13,15H,4-5,7-8,10H2,1-2H3. The average molecular weight is 235 g/mol. The number of hydrogen-bond acceptors (Lipinski definition) is 2. The minimum atomic E-state index is 0.992. The van der Waals surface area contributed by atoms with Gasteiger partial charge in [0.05, 0.1) is 0 Å². The molecule has 0 saturated heterocycles. The molecular weight excluding hydrogens is 214 g/mol. The maximum Gasteiger partial charge on any atom is 0.0106 e. The van der Waals surface area contributed by atoms with Crippen LogP contribution in [0.2, 0.25) is 0 Å². The van der Waals surface area contributed by atoms with Crippen molar-refractivity contribution in [1.29, 1.82) is 0 Å². The van der Waals surface area contributed by atoms with Gasteiger partial charge in [-0.2, -0.15) is 0 Å². The topological polar surface area (TPSA) is 12.0 Å². The molecule has 1 aromatic carbocycles. The van der Waals surface area contributed by atoms with E-state index in [0.29, 0.717) is 0 Å². The van der Waals surface area contributed by atoms with Gasteiger partial charge in [0.25, 0.3) is 0 Å². The monoisotopic (exact) mass is 235 g/mol. The molecule has 1 N–H and O–H groups in total. The van der Waals surface area contributed by atoms with Crippen LogP contribution in [-0.4, -0.2) is 18.8 Å². The minimum Gasteiger partial charge on any atom is -0.316 e. The van der Waals surface area contributed by atoms with Gasteiger partial charge in [-0.25, -0.2) is 0 Å². The van der Waals surface area contributed by atoms with Gasteiger partial charge in [0.2, 0.25) is 0 Å². The van der Waals surface area contributed by atoms with Gasteiger partial charge in [0, 0.05) is 17.2 Å². The van der Waals surface area contributed by atoms with Crippen molar-refractivity contribution < 1.29 is 0 Å². The molecule has 1 aromatic rings. The van der Waals surface area contributed by atoms with E-state index < -0.39 is 0 Å². The van der Waals surface area contributed by atoms with Crippen LogP contribution in [0.5, 0.6) is 0 Å². The lowest BCUT2D eigenvalue weighted by Gasteiger charge is -2.07. The van der Waals surface area contributed by atoms with Crippen molar-refractivity contribution in [3.63, 3.8) is 0 Å². The molecule has 0 amide bonds. The van der Waals surface area contributed by atoms with Crippen LogP contribution >= 0.6 is 11.8 Å². The normalized spacial score (nSPS) is 15.4. The predicted octanol–water partition coefficient (Wildman–Crippen LogP) is 3.40. The molecule has 0 aromatic heterocycles. The first-order valence-corrected chi connectivity index (χ1v) is 7.15. The third-order valence-corrected chi connectivity index (χ3v) is 4.17. The zero-order valence-corrected chi connectivity index (χ0v) is 11.1. The summed E-state index contributed by atoms with van der Waals surface area (Å²) in [5, 5.41) is 3.53. The van der Waals surface area contributed by atoms with Gasteiger partial charge in [-0.1, -0.05) is 17.7 Å². The smallest absolute Gasteiger partial charge is 0.0106 e. The lowest BCUT2D eigenvalue weighted by atomic mass is 10.2. The molecule has 1 aliphatic carbocycles. The van der Waals surface area contributed by atoms with Crippen LogP contribution in [-0.2, 0) is 0 Å². The van der Waals surface area contributed by atoms with Crippen molar-refractivity contribution in [2.24, 2.45) is 5.92 Å². The van der Waals surface area contributed by atoms with Crippen LogP contribution in [0.3, 0.4) is 0 Å². The summed E-state index contributed by atoms with van der Waals surface area (Å²) < 4.78 is 0. The highest BCUT2D eigenvalue weighted by molar-refractivity contribution is 7.99. The summed E-state index contributed by atoms with van der Waals surface area (Å²) >= 11 is 1.97. The zero-order chi connectivity index (χ0) is 11.4. The minimum absolute atomic E-state index is 0.992. The molecule has 1 aliphatic rings. The molecular formula is C14H21NS. The van der Waals surface area contributed by atoms with Gasteiger partial charge in [-0.05, 0) is 50.8 Å². The van der Waals surface area contributed by atoms with E-state index >= 15 is 0 Å². The van der Waals surface area contributed by atoms with E-state index in [2.05, 4.69) is 37.4 Å². The molecule has 0 unspecified atom stereocenters. The summed E-state index contributed by atoms with van der Waals surface area (Å²) in [7, 11) is 0. The molecule has 88 valence electrons. The van der Waals surface area contributed by atoms with E-state index in [9.17, 15) is 0 Å². The quantitative estimate of drug-likeness (QED) is 0.599. The summed E-state index contributed by atoms with van der Waals surface area (Å²) in [5.74, 6) is 2.17. The van der Waals surface area contributed by atoms with E-state index in [-0.39, 0.29) is 0 Å². The summed E-state index contributed by atoms with van der Waals surface area (Å²) in [6.07, 6.45) is 2.88. The predicted molar refractivity (Wildman–Crippen MR) is 72.2 cm³/mol. The zero-order valence-electron chi connectivity index (χ0n) is 10.3. The number of hydrogen-bond donors (Lipinski definition) is 1. The molecule has 0 aliphatic heterocycles. The van der Waals surface area contributed by atoms with Gasteiger partial charge in [-0.3, -0.25) is 0 Å². The number of benzene rings is 1. The van der Waals surface area contributed by atoms with Crippen molar-refractivity contribution in [3.05, 3.63) is 29.3 Å². The molecule has 16 heavy (non-hydrogen) atoms. The fourth-order valence-corrected chi connectivity index (χ4v) is 2.74. The highest BCUT2D eigenvalue weighted by atomic mass is 32.2. The molecule has 0 atom stereocenters. The maximum atomic E-state index is 3.53. The molecule has 0 heterocycles. The van der Waals surface area contributed by atoms with Crippen molar-refractivity contribution in [2.45, 2.75) is 31.6 Å². The van der Waals surface area contributed by atoms with Gasteiger partial charge in [0.1, 0.15) is 0 Å². The molecule has 0 bridgehead atoms. The second-order valence-electron chi connectivity index (χ2n) is 4.76. The second kappa shape index (κ2) is 5.74. The Morgan fingerprint density at radius 1 is 1.31 bits per heavy atom. The van der Waals surface area contributed by atoms with Crippen LogP contribution < -0.4 is 5.32 Å². The van der Waals surface area contributed by atoms with E-state index in [1.807, 2.05) is 11.8 Å². The fraction of sp³-hybridized carbons (Fsp3) is 0.571. The van der Waals surface area contributed by atoms with Crippen molar-refractivity contribution in [3.8, 4) is 0 Å². The Morgan fingerprint density at radius 2 is 2.12 bits per heavy atom. The van der Waals surface area contributed by atoms with Gasteiger partial charge >= 0.3 is 0 Å². The lowest BCUT2D eigenvalue weighted by Crippen LogP contribution is -2.19. The van der Waals surface area contributed by atoms with E-state index in [0.717, 1.165) is 12.5 Å². The van der Waals surface area contributed by atoms with Crippen molar-refractivity contribution >= 4 is 11.8 Å². The van der Waals surface area contributed by atoms with E-state index in [1.54, 1.807) is 0 Å². The SMILES string of the molecule is Cc1ccc(SCCNCC2CC2)c(C)c1. The van der Waals surface area contributed by atoms with Gasteiger partial charge in [0.15, 0.2) is 0 Å². The molecule has 0 radical (unpaired) electrons. The Morgan fingerprint density at radius 3 is 2.81 bits per heavy atom. The number of aryl methyl sites for hydroxylation is 2. The first-order chi connectivity index (χ1) is 7.75. The van der Waals surface area contributed by atoms with Crippen molar-refractivity contribution in [2.75, 3.05) is 18.8 Å². The fourth-order valence-electron chi connectivity index (χ4n) is 1.82. The average Bonchev–Trinajstić information content (AvgIpc) is 3.04. The van der Waals surface area contributed by atoms with Gasteiger partial charge < -0.3 is 5.32 Å². The Labute approximate surface area is 103 Å². The lowest BCUT2D eigenvalue weighted by molar-refractivity contribution is 0.666. The second-order valence-corrected chi connectivity index (χ2v) is 5.90. The molecule has 1 fully saturated rings. The Bertz CT molecular complexity index is 345. The first-order valence-electron chi connectivity index (χ1n) is 6.16. The first kappa shape index (κ1) is 12.0. The molecule has 0 spiro atoms. The number of thioether (sulfide) groups is 1. The summed E-state index contributed by atoms with van der Waals surface area (Å²) in [6, 6.07) is 6.71. The van der Waals surface area contributed by atoms with E-state index in [1.165, 1.54) is 41.2 Å². The highest BCUT2D eigenvalue weighted by Crippen LogP contribution is 2.27. The third-order valence-electron chi connectivity index (χ3n) is 3.00. The van der Waals surface area contributed by atoms with Crippen LogP contribution in [0, 0.1) is 19.8 Å². The van der Waals surface area contributed by atoms with Crippen LogP contribution in [0.25, 0.3) is 0 Å². The summed E-state index contributed by atoms with van der Waals surface area (Å²) in [6.45, 7) is 6.72. The summed E-state index contributed by atoms with van der Waals surface area (Å²) in [5.41, 5.74) is 2.76. The Hall–Kier alpha value is -0.470. The molecule has 1 nitrogen and oxygen atoms in total. The van der Waals surface area contributed by atoms with Crippen LogP contribution in [0.1, 0.15) is 24.0 Å². The molecule has 2 rings (SSSR count). The van der Waals surface area contributed by atoms with Gasteiger partial charge in [-0.15, -0.1) is 11.8 Å². The van der Waals surface area contributed by atoms with Crippen LogP contribution in [0.15, 0.2) is 23.1 Å².